The molecule has 2 heterocycles. The van der Waals surface area contributed by atoms with Crippen molar-refractivity contribution >= 4 is 10.0 Å². The molecule has 21 heavy (non-hydrogen) atoms. The fourth-order valence-electron chi connectivity index (χ4n) is 2.27. The van der Waals surface area contributed by atoms with Crippen LogP contribution in [-0.2, 0) is 14.8 Å². The zero-order chi connectivity index (χ0) is 15.8. The predicted octanol–water partition coefficient (Wildman–Crippen LogP) is -1.96. The highest BCUT2D eigenvalue weighted by molar-refractivity contribution is 7.88. The van der Waals surface area contributed by atoms with Crippen molar-refractivity contribution in [1.29, 1.82) is 0 Å². The molecule has 0 spiro atoms. The van der Waals surface area contributed by atoms with E-state index in [1.165, 1.54) is 10.8 Å². The predicted molar refractivity (Wildman–Crippen MR) is 73.4 cm³/mol. The lowest BCUT2D eigenvalue weighted by Gasteiger charge is -2.16. The molecule has 0 unspecified atom stereocenters. The number of rotatable bonds is 4. The minimum Gasteiger partial charge on any atom is -0.394 e. The monoisotopic (exact) mass is 319 g/mol. The molecule has 118 valence electrons. The number of hydrogen-bond acceptors (Lipinski definition) is 6. The summed E-state index contributed by atoms with van der Waals surface area (Å²) in [6, 6.07) is -0.644. The summed E-state index contributed by atoms with van der Waals surface area (Å²) in [4.78, 5) is 25.3. The van der Waals surface area contributed by atoms with Crippen LogP contribution in [0.15, 0.2) is 15.8 Å². The molecule has 1 saturated heterocycles. The minimum absolute atomic E-state index is 0.170. The molecule has 0 radical (unpaired) electrons. The van der Waals surface area contributed by atoms with Crippen LogP contribution in [0.1, 0.15) is 18.2 Å². The van der Waals surface area contributed by atoms with Gasteiger partial charge in [-0.1, -0.05) is 0 Å². The molecule has 1 aliphatic rings. The molecule has 9 nitrogen and oxygen atoms in total. The number of H-pyrrole nitrogens is 1. The van der Waals surface area contributed by atoms with E-state index in [1.807, 2.05) is 0 Å². The number of nitrogens with zero attached hydrogens (tertiary/aromatic N) is 1. The summed E-state index contributed by atoms with van der Waals surface area (Å²) in [5.74, 6) is 0. The third-order valence-electron chi connectivity index (χ3n) is 3.24. The molecule has 0 bridgehead atoms. The SMILES string of the molecule is Cc1cn([C@H]2C[C@H](NS(C)(=O)=O)[C@H](CO)O2)c(=O)[nH]c1=O. The van der Waals surface area contributed by atoms with Gasteiger partial charge in [0.1, 0.15) is 6.23 Å². The lowest BCUT2D eigenvalue weighted by atomic mass is 10.1. The zero-order valence-corrected chi connectivity index (χ0v) is 12.4. The maximum atomic E-state index is 11.8. The molecule has 1 aromatic heterocycles. The van der Waals surface area contributed by atoms with Crippen LogP contribution in [0, 0.1) is 6.92 Å². The number of aliphatic hydroxyl groups excluding tert-OH is 1. The van der Waals surface area contributed by atoms with E-state index in [0.717, 1.165) is 6.26 Å². The topological polar surface area (TPSA) is 130 Å². The van der Waals surface area contributed by atoms with Gasteiger partial charge in [0.05, 0.1) is 25.0 Å². The highest BCUT2D eigenvalue weighted by Gasteiger charge is 2.37. The third kappa shape index (κ3) is 3.59. The van der Waals surface area contributed by atoms with Gasteiger partial charge in [0, 0.05) is 18.2 Å². The first-order valence-corrected chi connectivity index (χ1v) is 8.16. The average Bonchev–Trinajstić information content (AvgIpc) is 2.74. The molecule has 3 atom stereocenters. The Morgan fingerprint density at radius 2 is 2.19 bits per heavy atom. The van der Waals surface area contributed by atoms with Crippen LogP contribution in [0.3, 0.4) is 0 Å². The largest absolute Gasteiger partial charge is 0.394 e. The Morgan fingerprint density at radius 1 is 1.52 bits per heavy atom. The summed E-state index contributed by atoms with van der Waals surface area (Å²) < 4.78 is 31.6. The Labute approximate surface area is 120 Å². The van der Waals surface area contributed by atoms with Gasteiger partial charge in [0.15, 0.2) is 0 Å². The van der Waals surface area contributed by atoms with Crippen LogP contribution in [0.4, 0.5) is 0 Å². The summed E-state index contributed by atoms with van der Waals surface area (Å²) in [5, 5.41) is 9.26. The molecular formula is C11H17N3O6S. The van der Waals surface area contributed by atoms with E-state index in [-0.39, 0.29) is 13.0 Å². The van der Waals surface area contributed by atoms with Crippen molar-refractivity contribution in [3.8, 4) is 0 Å². The molecule has 1 aromatic rings. The summed E-state index contributed by atoms with van der Waals surface area (Å²) in [7, 11) is -3.47. The highest BCUT2D eigenvalue weighted by atomic mass is 32.2. The molecule has 0 aromatic carbocycles. The van der Waals surface area contributed by atoms with Gasteiger partial charge in [-0.3, -0.25) is 14.3 Å². The smallest absolute Gasteiger partial charge is 0.330 e. The van der Waals surface area contributed by atoms with Gasteiger partial charge >= 0.3 is 5.69 Å². The van der Waals surface area contributed by atoms with E-state index in [2.05, 4.69) is 9.71 Å². The van der Waals surface area contributed by atoms with Gasteiger partial charge in [0.25, 0.3) is 5.56 Å². The van der Waals surface area contributed by atoms with E-state index in [4.69, 9.17) is 4.74 Å². The van der Waals surface area contributed by atoms with Gasteiger partial charge in [-0.2, -0.15) is 0 Å². The number of nitrogens with one attached hydrogen (secondary N) is 2. The van der Waals surface area contributed by atoms with Crippen LogP contribution in [0.5, 0.6) is 0 Å². The van der Waals surface area contributed by atoms with E-state index in [9.17, 15) is 23.1 Å². The normalized spacial score (nSPS) is 26.1. The quantitative estimate of drug-likeness (QED) is 0.591. The molecule has 0 aliphatic carbocycles. The Morgan fingerprint density at radius 3 is 2.76 bits per heavy atom. The average molecular weight is 319 g/mol. The highest BCUT2D eigenvalue weighted by Crippen LogP contribution is 2.27. The van der Waals surface area contributed by atoms with Crippen molar-refractivity contribution in [1.82, 2.24) is 14.3 Å². The zero-order valence-electron chi connectivity index (χ0n) is 11.6. The first-order chi connectivity index (χ1) is 9.71. The van der Waals surface area contributed by atoms with Crippen molar-refractivity contribution < 1.29 is 18.3 Å². The van der Waals surface area contributed by atoms with Crippen LogP contribution in [0.2, 0.25) is 0 Å². The molecule has 1 aliphatic heterocycles. The summed E-state index contributed by atoms with van der Waals surface area (Å²) >= 11 is 0. The van der Waals surface area contributed by atoms with Gasteiger partial charge in [-0.05, 0) is 6.92 Å². The Balaban J connectivity index is 2.29. The number of hydrogen-bond donors (Lipinski definition) is 3. The fourth-order valence-corrected chi connectivity index (χ4v) is 3.07. The van der Waals surface area contributed by atoms with E-state index in [1.54, 1.807) is 6.92 Å². The molecule has 0 saturated carbocycles. The maximum absolute atomic E-state index is 11.8. The molecule has 2 rings (SSSR count). The second-order valence-corrected chi connectivity index (χ2v) is 6.80. The molecular weight excluding hydrogens is 302 g/mol. The van der Waals surface area contributed by atoms with Crippen molar-refractivity contribution in [2.45, 2.75) is 31.7 Å². The second-order valence-electron chi connectivity index (χ2n) is 5.02. The van der Waals surface area contributed by atoms with Gasteiger partial charge < -0.3 is 9.84 Å². The molecule has 3 N–H and O–H groups in total. The number of aromatic nitrogens is 2. The standard InChI is InChI=1S/C11H17N3O6S/c1-6-4-14(11(17)12-10(6)16)9-3-7(8(5-15)20-9)13-21(2,18)19/h4,7-9,13,15H,3,5H2,1-2H3,(H,12,16,17)/t7-,8-,9+/m0/s1. The van der Waals surface area contributed by atoms with E-state index >= 15 is 0 Å². The molecule has 1 fully saturated rings. The minimum atomic E-state index is -3.47. The number of aromatic amines is 1. The van der Waals surface area contributed by atoms with Crippen molar-refractivity contribution in [2.24, 2.45) is 0 Å². The van der Waals surface area contributed by atoms with Crippen LogP contribution < -0.4 is 16.0 Å². The van der Waals surface area contributed by atoms with Gasteiger partial charge in [-0.25, -0.2) is 17.9 Å². The van der Waals surface area contributed by atoms with Gasteiger partial charge in [-0.15, -0.1) is 0 Å². The van der Waals surface area contributed by atoms with E-state index < -0.39 is 39.6 Å². The first kappa shape index (κ1) is 15.9. The Kier molecular flexibility index (Phi) is 4.33. The van der Waals surface area contributed by atoms with Crippen LogP contribution >= 0.6 is 0 Å². The maximum Gasteiger partial charge on any atom is 0.330 e. The summed E-state index contributed by atoms with van der Waals surface area (Å²) in [6.45, 7) is 1.15. The Hall–Kier alpha value is -1.49. The lowest BCUT2D eigenvalue weighted by Crippen LogP contribution is -2.41. The first-order valence-electron chi connectivity index (χ1n) is 6.27. The third-order valence-corrected chi connectivity index (χ3v) is 3.97. The van der Waals surface area contributed by atoms with E-state index in [0.29, 0.717) is 5.56 Å². The lowest BCUT2D eigenvalue weighted by molar-refractivity contribution is -0.0279. The number of sulfonamides is 1. The van der Waals surface area contributed by atoms with Gasteiger partial charge in [0.2, 0.25) is 10.0 Å². The Bertz CT molecular complexity index is 737. The summed E-state index contributed by atoms with van der Waals surface area (Å²) in [5.41, 5.74) is -0.802. The van der Waals surface area contributed by atoms with Crippen molar-refractivity contribution in [3.63, 3.8) is 0 Å². The molecule has 10 heteroatoms. The molecule has 0 amide bonds. The number of aryl methyl sites for hydroxylation is 1. The van der Waals surface area contributed by atoms with Crippen LogP contribution in [0.25, 0.3) is 0 Å². The van der Waals surface area contributed by atoms with Crippen molar-refractivity contribution in [3.05, 3.63) is 32.6 Å². The number of ether oxygens (including phenoxy) is 1. The number of aliphatic hydroxyl groups is 1. The fraction of sp³-hybridized carbons (Fsp3) is 0.636. The summed E-state index contributed by atoms with van der Waals surface area (Å²) in [6.07, 6.45) is 1.01. The second kappa shape index (κ2) is 5.72. The van der Waals surface area contributed by atoms with Crippen LogP contribution in [-0.4, -0.2) is 48.1 Å². The van der Waals surface area contributed by atoms with Crippen molar-refractivity contribution in [2.75, 3.05) is 12.9 Å².